The van der Waals surface area contributed by atoms with Crippen LogP contribution in [0.3, 0.4) is 0 Å². The quantitative estimate of drug-likeness (QED) is 0.899. The van der Waals surface area contributed by atoms with Crippen LogP contribution in [-0.2, 0) is 14.8 Å². The smallest absolute Gasteiger partial charge is 0.318 e. The number of rotatable bonds is 4. The van der Waals surface area contributed by atoms with Crippen molar-refractivity contribution in [1.82, 2.24) is 4.31 Å². The van der Waals surface area contributed by atoms with E-state index in [1.807, 2.05) is 0 Å². The molecule has 0 aliphatic rings. The van der Waals surface area contributed by atoms with Crippen LogP contribution < -0.4 is 0 Å². The Hall–Kier alpha value is -0.440. The van der Waals surface area contributed by atoms with Gasteiger partial charge in [0.1, 0.15) is 10.8 Å². The first kappa shape index (κ1) is 15.6. The molecule has 0 fully saturated rings. The van der Waals surface area contributed by atoms with Gasteiger partial charge in [-0.05, 0) is 48.1 Å². The van der Waals surface area contributed by atoms with Gasteiger partial charge in [-0.15, -0.1) is 11.3 Å². The van der Waals surface area contributed by atoms with Crippen LogP contribution in [-0.4, -0.2) is 35.9 Å². The van der Waals surface area contributed by atoms with Gasteiger partial charge in [-0.2, -0.15) is 4.31 Å². The van der Waals surface area contributed by atoms with E-state index in [4.69, 9.17) is 5.11 Å². The predicted octanol–water partition coefficient (Wildman–Crippen LogP) is 2.38. The maximum Gasteiger partial charge on any atom is 0.318 e. The van der Waals surface area contributed by atoms with Crippen LogP contribution in [0.1, 0.15) is 20.8 Å². The molecule has 1 N–H and O–H groups in total. The molecular weight excluding hydrogens is 342 g/mol. The van der Waals surface area contributed by atoms with Crippen molar-refractivity contribution in [3.63, 3.8) is 0 Å². The summed E-state index contributed by atoms with van der Waals surface area (Å²) in [7, 11) is -3.82. The Labute approximate surface area is 119 Å². The van der Waals surface area contributed by atoms with Gasteiger partial charge in [-0.1, -0.05) is 0 Å². The summed E-state index contributed by atoms with van der Waals surface area (Å²) in [6, 6.07) is 1.62. The molecule has 0 bridgehead atoms. The zero-order valence-electron chi connectivity index (χ0n) is 10.2. The van der Waals surface area contributed by atoms with E-state index in [9.17, 15) is 13.2 Å². The van der Waals surface area contributed by atoms with Gasteiger partial charge in [0, 0.05) is 10.0 Å². The Kier molecular flexibility index (Phi) is 4.58. The van der Waals surface area contributed by atoms with Gasteiger partial charge in [0.15, 0.2) is 0 Å². The summed E-state index contributed by atoms with van der Waals surface area (Å²) < 4.78 is 26.4. The standard InChI is InChI=1S/C10H14BrNO4S2/c1-10(2,3)12(6-8(13)14)18(15,16)9-7(11)4-5-17-9/h4-5H,6H2,1-3H3,(H,13,14). The van der Waals surface area contributed by atoms with E-state index in [1.165, 1.54) is 0 Å². The number of nitrogens with zero attached hydrogens (tertiary/aromatic N) is 1. The number of carbonyl (C=O) groups is 1. The number of carboxylic acid groups (broad SMARTS) is 1. The molecule has 0 saturated heterocycles. The first-order valence-electron chi connectivity index (χ1n) is 5.04. The summed E-state index contributed by atoms with van der Waals surface area (Å²) in [5.74, 6) is -1.18. The first-order chi connectivity index (χ1) is 8.06. The summed E-state index contributed by atoms with van der Waals surface area (Å²) in [4.78, 5) is 10.8. The zero-order chi connectivity index (χ0) is 14.1. The van der Waals surface area contributed by atoms with Crippen molar-refractivity contribution in [2.75, 3.05) is 6.54 Å². The van der Waals surface area contributed by atoms with Crippen molar-refractivity contribution in [3.8, 4) is 0 Å². The van der Waals surface area contributed by atoms with Gasteiger partial charge in [0.2, 0.25) is 0 Å². The fourth-order valence-corrected chi connectivity index (χ4v) is 5.52. The molecule has 1 heterocycles. The molecule has 0 unspecified atom stereocenters. The lowest BCUT2D eigenvalue weighted by Gasteiger charge is -2.32. The van der Waals surface area contributed by atoms with Crippen LogP contribution in [0.4, 0.5) is 0 Å². The molecular formula is C10H14BrNO4S2. The normalized spacial score (nSPS) is 12.9. The van der Waals surface area contributed by atoms with Crippen molar-refractivity contribution in [2.24, 2.45) is 0 Å². The second kappa shape index (κ2) is 5.28. The van der Waals surface area contributed by atoms with Gasteiger partial charge in [0.25, 0.3) is 10.0 Å². The highest BCUT2D eigenvalue weighted by Crippen LogP contribution is 2.33. The third-order valence-electron chi connectivity index (χ3n) is 2.14. The second-order valence-corrected chi connectivity index (χ2v) is 8.46. The Bertz CT molecular complexity index is 544. The first-order valence-corrected chi connectivity index (χ1v) is 8.15. The Morgan fingerprint density at radius 3 is 2.39 bits per heavy atom. The van der Waals surface area contributed by atoms with Crippen LogP contribution in [0, 0.1) is 0 Å². The Morgan fingerprint density at radius 2 is 2.06 bits per heavy atom. The highest BCUT2D eigenvalue weighted by atomic mass is 79.9. The van der Waals surface area contributed by atoms with E-state index in [-0.39, 0.29) is 4.21 Å². The third-order valence-corrected chi connectivity index (χ3v) is 6.89. The lowest BCUT2D eigenvalue weighted by molar-refractivity contribution is -0.138. The molecule has 0 aliphatic carbocycles. The van der Waals surface area contributed by atoms with E-state index in [0.717, 1.165) is 15.6 Å². The monoisotopic (exact) mass is 355 g/mol. The van der Waals surface area contributed by atoms with E-state index < -0.39 is 28.1 Å². The molecule has 0 saturated carbocycles. The fraction of sp³-hybridized carbons (Fsp3) is 0.500. The van der Waals surface area contributed by atoms with Crippen molar-refractivity contribution < 1.29 is 18.3 Å². The maximum absolute atomic E-state index is 12.4. The van der Waals surface area contributed by atoms with Crippen LogP contribution >= 0.6 is 27.3 Å². The number of thiophene rings is 1. The topological polar surface area (TPSA) is 74.7 Å². The maximum atomic E-state index is 12.4. The van der Waals surface area contributed by atoms with Gasteiger partial charge < -0.3 is 5.11 Å². The molecule has 1 aromatic rings. The molecule has 0 amide bonds. The summed E-state index contributed by atoms with van der Waals surface area (Å²) in [6.07, 6.45) is 0. The number of hydrogen-bond donors (Lipinski definition) is 1. The lowest BCUT2D eigenvalue weighted by atomic mass is 10.1. The van der Waals surface area contributed by atoms with Crippen molar-refractivity contribution >= 4 is 43.3 Å². The van der Waals surface area contributed by atoms with Crippen LogP contribution in [0.5, 0.6) is 0 Å². The Balaban J connectivity index is 3.29. The highest BCUT2D eigenvalue weighted by Gasteiger charge is 2.37. The van der Waals surface area contributed by atoms with E-state index in [2.05, 4.69) is 15.9 Å². The van der Waals surface area contributed by atoms with Crippen LogP contribution in [0.25, 0.3) is 0 Å². The van der Waals surface area contributed by atoms with E-state index in [1.54, 1.807) is 32.2 Å². The number of hydrogen-bond acceptors (Lipinski definition) is 4. The molecule has 1 aromatic heterocycles. The molecule has 18 heavy (non-hydrogen) atoms. The van der Waals surface area contributed by atoms with Gasteiger partial charge in [0.05, 0.1) is 0 Å². The average Bonchev–Trinajstić information content (AvgIpc) is 2.59. The summed E-state index contributed by atoms with van der Waals surface area (Å²) >= 11 is 4.22. The minimum absolute atomic E-state index is 0.124. The summed E-state index contributed by atoms with van der Waals surface area (Å²) in [5, 5.41) is 10.5. The molecule has 1 rings (SSSR count). The minimum Gasteiger partial charge on any atom is -0.480 e. The number of carboxylic acids is 1. The minimum atomic E-state index is -3.82. The average molecular weight is 356 g/mol. The highest BCUT2D eigenvalue weighted by molar-refractivity contribution is 9.10. The van der Waals surface area contributed by atoms with Crippen LogP contribution in [0.15, 0.2) is 20.1 Å². The van der Waals surface area contributed by atoms with Crippen molar-refractivity contribution in [1.29, 1.82) is 0 Å². The predicted molar refractivity (Wildman–Crippen MR) is 73.3 cm³/mol. The molecule has 0 aliphatic heterocycles. The molecule has 0 radical (unpaired) electrons. The number of aliphatic carboxylic acids is 1. The molecule has 0 spiro atoms. The second-order valence-electron chi connectivity index (χ2n) is 4.63. The SMILES string of the molecule is CC(C)(C)N(CC(=O)O)S(=O)(=O)c1sccc1Br. The van der Waals surface area contributed by atoms with Crippen LogP contribution in [0.2, 0.25) is 0 Å². The van der Waals surface area contributed by atoms with E-state index >= 15 is 0 Å². The summed E-state index contributed by atoms with van der Waals surface area (Å²) in [5.41, 5.74) is -0.805. The van der Waals surface area contributed by atoms with Crippen molar-refractivity contribution in [2.45, 2.75) is 30.5 Å². The van der Waals surface area contributed by atoms with E-state index in [0.29, 0.717) is 4.47 Å². The Morgan fingerprint density at radius 1 is 1.50 bits per heavy atom. The molecule has 102 valence electrons. The van der Waals surface area contributed by atoms with Gasteiger partial charge in [-0.3, -0.25) is 4.79 Å². The third kappa shape index (κ3) is 3.31. The molecule has 8 heteroatoms. The largest absolute Gasteiger partial charge is 0.480 e. The fourth-order valence-electron chi connectivity index (χ4n) is 1.37. The molecule has 0 aromatic carbocycles. The van der Waals surface area contributed by atoms with Gasteiger partial charge in [-0.25, -0.2) is 8.42 Å². The lowest BCUT2D eigenvalue weighted by Crippen LogP contribution is -2.47. The zero-order valence-corrected chi connectivity index (χ0v) is 13.4. The summed E-state index contributed by atoms with van der Waals surface area (Å²) in [6.45, 7) is 4.43. The number of halogens is 1. The number of sulfonamides is 1. The molecule has 5 nitrogen and oxygen atoms in total. The molecule has 0 atom stereocenters. The van der Waals surface area contributed by atoms with Crippen molar-refractivity contribution in [3.05, 3.63) is 15.9 Å². The van der Waals surface area contributed by atoms with Gasteiger partial charge >= 0.3 is 5.97 Å².